The smallest absolute Gasteiger partial charge is 0.0796 e. The van der Waals surface area contributed by atoms with Crippen molar-refractivity contribution in [1.29, 1.82) is 0 Å². The maximum Gasteiger partial charge on any atom is 0.0796 e. The molecule has 0 fully saturated rings. The Bertz CT molecular complexity index is 585. The highest BCUT2D eigenvalue weighted by molar-refractivity contribution is 5.86. The van der Waals surface area contributed by atoms with Gasteiger partial charge in [-0.3, -0.25) is 0 Å². The molecular weight excluding hydrogens is 264 g/mol. The highest BCUT2D eigenvalue weighted by Crippen LogP contribution is 2.23. The van der Waals surface area contributed by atoms with Crippen molar-refractivity contribution < 1.29 is 14.6 Å². The fourth-order valence-corrected chi connectivity index (χ4v) is 2.14. The van der Waals surface area contributed by atoms with E-state index in [1.54, 1.807) is 24.3 Å². The number of carboxylic acids is 1. The summed E-state index contributed by atoms with van der Waals surface area (Å²) in [6, 6.07) is 14.8. The van der Waals surface area contributed by atoms with Gasteiger partial charge < -0.3 is 14.6 Å². The molecule has 2 aromatic rings. The van der Waals surface area contributed by atoms with Crippen molar-refractivity contribution in [2.75, 3.05) is 6.61 Å². The summed E-state index contributed by atoms with van der Waals surface area (Å²) < 4.78 is 5.69. The van der Waals surface area contributed by atoms with Crippen LogP contribution >= 0.6 is 0 Å². The zero-order valence-corrected chi connectivity index (χ0v) is 12.3. The molecule has 21 heavy (non-hydrogen) atoms. The van der Waals surface area contributed by atoms with E-state index < -0.39 is 5.97 Å². The molecule has 0 saturated carbocycles. The Morgan fingerprint density at radius 2 is 1.57 bits per heavy atom. The summed E-state index contributed by atoms with van der Waals surface area (Å²) in [7, 11) is 0. The van der Waals surface area contributed by atoms with Crippen LogP contribution in [0.5, 0.6) is 0 Å². The van der Waals surface area contributed by atoms with E-state index in [9.17, 15) is 9.90 Å². The van der Waals surface area contributed by atoms with Gasteiger partial charge in [0.25, 0.3) is 0 Å². The van der Waals surface area contributed by atoms with Crippen molar-refractivity contribution in [1.82, 2.24) is 0 Å². The normalized spacial score (nSPS) is 12.1. The quantitative estimate of drug-likeness (QED) is 0.818. The van der Waals surface area contributed by atoms with E-state index in [-0.39, 0.29) is 11.7 Å². The average molecular weight is 283 g/mol. The predicted molar refractivity (Wildman–Crippen MR) is 80.9 cm³/mol. The molecule has 0 aliphatic carbocycles. The molecular formula is C18H19O3-. The highest BCUT2D eigenvalue weighted by Gasteiger charge is 2.05. The van der Waals surface area contributed by atoms with E-state index in [4.69, 9.17) is 4.74 Å². The van der Waals surface area contributed by atoms with Crippen LogP contribution < -0.4 is 5.11 Å². The third-order valence-electron chi connectivity index (χ3n) is 3.41. The van der Waals surface area contributed by atoms with Crippen molar-refractivity contribution in [3.05, 3.63) is 59.7 Å². The molecule has 110 valence electrons. The third-order valence-corrected chi connectivity index (χ3v) is 3.41. The largest absolute Gasteiger partial charge is 0.545 e. The van der Waals surface area contributed by atoms with Gasteiger partial charge in [0.15, 0.2) is 0 Å². The minimum absolute atomic E-state index is 0.0828. The van der Waals surface area contributed by atoms with Crippen molar-refractivity contribution in [3.8, 4) is 11.1 Å². The van der Waals surface area contributed by atoms with Crippen LogP contribution in [-0.4, -0.2) is 12.6 Å². The van der Waals surface area contributed by atoms with Crippen LogP contribution in [0.2, 0.25) is 0 Å². The summed E-state index contributed by atoms with van der Waals surface area (Å²) in [5.41, 5.74) is 3.36. The second-order valence-corrected chi connectivity index (χ2v) is 5.00. The lowest BCUT2D eigenvalue weighted by Crippen LogP contribution is -2.21. The molecule has 0 radical (unpaired) electrons. The fourth-order valence-electron chi connectivity index (χ4n) is 2.14. The van der Waals surface area contributed by atoms with Crippen LogP contribution in [0.25, 0.3) is 11.1 Å². The SMILES string of the molecule is CCCOC(C)c1ccc(-c2ccc(C(=O)[O-])cc2)cc1. The lowest BCUT2D eigenvalue weighted by atomic mass is 10.0. The van der Waals surface area contributed by atoms with E-state index in [2.05, 4.69) is 6.92 Å². The monoisotopic (exact) mass is 283 g/mol. The number of rotatable bonds is 6. The molecule has 0 aliphatic rings. The van der Waals surface area contributed by atoms with Crippen LogP contribution in [-0.2, 0) is 4.74 Å². The van der Waals surface area contributed by atoms with Crippen molar-refractivity contribution in [2.24, 2.45) is 0 Å². The van der Waals surface area contributed by atoms with Crippen LogP contribution in [0.3, 0.4) is 0 Å². The number of aromatic carboxylic acids is 1. The van der Waals surface area contributed by atoms with E-state index in [0.717, 1.165) is 29.7 Å². The number of hydrogen-bond acceptors (Lipinski definition) is 3. The Balaban J connectivity index is 2.13. The van der Waals surface area contributed by atoms with Crippen molar-refractivity contribution >= 4 is 5.97 Å². The Morgan fingerprint density at radius 1 is 1.05 bits per heavy atom. The predicted octanol–water partition coefficient (Wildman–Crippen LogP) is 3.20. The molecule has 0 amide bonds. The summed E-state index contributed by atoms with van der Waals surface area (Å²) in [6.45, 7) is 4.89. The van der Waals surface area contributed by atoms with Crippen molar-refractivity contribution in [2.45, 2.75) is 26.4 Å². The highest BCUT2D eigenvalue weighted by atomic mass is 16.5. The van der Waals surface area contributed by atoms with Gasteiger partial charge in [0, 0.05) is 6.61 Å². The zero-order valence-electron chi connectivity index (χ0n) is 12.3. The molecule has 0 saturated heterocycles. The summed E-state index contributed by atoms with van der Waals surface area (Å²) >= 11 is 0. The maximum absolute atomic E-state index is 10.7. The molecule has 0 heterocycles. The fraction of sp³-hybridized carbons (Fsp3) is 0.278. The van der Waals surface area contributed by atoms with Gasteiger partial charge in [-0.25, -0.2) is 0 Å². The van der Waals surface area contributed by atoms with Gasteiger partial charge >= 0.3 is 0 Å². The van der Waals surface area contributed by atoms with Gasteiger partial charge in [-0.05, 0) is 35.6 Å². The molecule has 1 atom stereocenters. The van der Waals surface area contributed by atoms with Gasteiger partial charge in [-0.15, -0.1) is 0 Å². The topological polar surface area (TPSA) is 49.4 Å². The molecule has 1 unspecified atom stereocenters. The number of carbonyl (C=O) groups excluding carboxylic acids is 1. The van der Waals surface area contributed by atoms with E-state index >= 15 is 0 Å². The molecule has 0 bridgehead atoms. The Kier molecular flexibility index (Phi) is 5.12. The summed E-state index contributed by atoms with van der Waals surface area (Å²) in [5, 5.41) is 10.7. The lowest BCUT2D eigenvalue weighted by molar-refractivity contribution is -0.255. The van der Waals surface area contributed by atoms with Gasteiger partial charge in [0.1, 0.15) is 0 Å². The number of benzene rings is 2. The Morgan fingerprint density at radius 3 is 2.05 bits per heavy atom. The first-order chi connectivity index (χ1) is 10.1. The number of hydrogen-bond donors (Lipinski definition) is 0. The van der Waals surface area contributed by atoms with Crippen LogP contribution in [0.15, 0.2) is 48.5 Å². The number of carboxylic acid groups (broad SMARTS) is 1. The second-order valence-electron chi connectivity index (χ2n) is 5.00. The second kappa shape index (κ2) is 7.04. The first-order valence-electron chi connectivity index (χ1n) is 7.15. The van der Waals surface area contributed by atoms with Crippen LogP contribution in [0, 0.1) is 0 Å². The van der Waals surface area contributed by atoms with E-state index in [1.807, 2.05) is 31.2 Å². The third kappa shape index (κ3) is 3.92. The van der Waals surface area contributed by atoms with Crippen LogP contribution in [0.1, 0.15) is 42.3 Å². The Hall–Kier alpha value is -2.13. The summed E-state index contributed by atoms with van der Waals surface area (Å²) in [5.74, 6) is -1.15. The van der Waals surface area contributed by atoms with Gasteiger partial charge in [0.2, 0.25) is 0 Å². The number of carbonyl (C=O) groups is 1. The van der Waals surface area contributed by atoms with E-state index in [1.165, 1.54) is 0 Å². The summed E-state index contributed by atoms with van der Waals surface area (Å²) in [4.78, 5) is 10.7. The zero-order chi connectivity index (χ0) is 15.2. The summed E-state index contributed by atoms with van der Waals surface area (Å²) in [6.07, 6.45) is 1.09. The molecule has 0 N–H and O–H groups in total. The molecule has 0 spiro atoms. The first-order valence-corrected chi connectivity index (χ1v) is 7.15. The lowest BCUT2D eigenvalue weighted by Gasteiger charge is -2.13. The minimum Gasteiger partial charge on any atom is -0.545 e. The van der Waals surface area contributed by atoms with E-state index in [0.29, 0.717) is 0 Å². The van der Waals surface area contributed by atoms with Crippen LogP contribution in [0.4, 0.5) is 0 Å². The molecule has 2 aromatic carbocycles. The maximum atomic E-state index is 10.7. The van der Waals surface area contributed by atoms with Gasteiger partial charge in [-0.2, -0.15) is 0 Å². The molecule has 0 aliphatic heterocycles. The van der Waals surface area contributed by atoms with Gasteiger partial charge in [0.05, 0.1) is 12.1 Å². The Labute approximate surface area is 125 Å². The minimum atomic E-state index is -1.15. The standard InChI is InChI=1S/C18H20O3/c1-3-12-21-13(2)14-4-6-15(7-5-14)16-8-10-17(11-9-16)18(19)20/h4-11,13H,3,12H2,1-2H3,(H,19,20)/p-1. The molecule has 0 aromatic heterocycles. The molecule has 3 nitrogen and oxygen atoms in total. The van der Waals surface area contributed by atoms with Gasteiger partial charge in [-0.1, -0.05) is 55.5 Å². The molecule has 2 rings (SSSR count). The first kappa shape index (κ1) is 15.3. The number of ether oxygens (including phenoxy) is 1. The molecule has 3 heteroatoms. The van der Waals surface area contributed by atoms with Crippen molar-refractivity contribution in [3.63, 3.8) is 0 Å². The average Bonchev–Trinajstić information content (AvgIpc) is 2.53.